The number of aromatic nitrogens is 2. The molecule has 1 aromatic carbocycles. The summed E-state index contributed by atoms with van der Waals surface area (Å²) in [6, 6.07) is 11.0. The smallest absolute Gasteiger partial charge is 0.233 e. The van der Waals surface area contributed by atoms with Crippen LogP contribution in [0.3, 0.4) is 0 Å². The number of benzene rings is 1. The van der Waals surface area contributed by atoms with Crippen molar-refractivity contribution in [3.05, 3.63) is 35.9 Å². The van der Waals surface area contributed by atoms with Crippen molar-refractivity contribution in [2.24, 2.45) is 0 Å². The molecule has 2 aromatic rings. The van der Waals surface area contributed by atoms with Crippen molar-refractivity contribution < 1.29 is 0 Å². The fourth-order valence-corrected chi connectivity index (χ4v) is 2.98. The quantitative estimate of drug-likeness (QED) is 0.890. The van der Waals surface area contributed by atoms with Crippen molar-refractivity contribution >= 4 is 22.6 Å². The number of nitrogens with two attached hydrogens (primary N) is 1. The first kappa shape index (κ1) is 12.4. The second-order valence-corrected chi connectivity index (χ2v) is 5.56. The topological polar surface area (TPSA) is 67.1 Å². The summed E-state index contributed by atoms with van der Waals surface area (Å²) in [4.78, 5) is 6.59. The number of nitrogens with zero attached hydrogens (tertiary/aromatic N) is 3. The third-order valence-corrected chi connectivity index (χ3v) is 3.95. The van der Waals surface area contributed by atoms with E-state index in [-0.39, 0.29) is 0 Å². The zero-order chi connectivity index (χ0) is 13.1. The normalized spacial score (nSPS) is 19.7. The van der Waals surface area contributed by atoms with Gasteiger partial charge in [0.2, 0.25) is 11.1 Å². The first-order valence-corrected chi connectivity index (χ1v) is 7.19. The van der Waals surface area contributed by atoms with Gasteiger partial charge in [-0.3, -0.25) is 4.90 Å². The molecule has 2 heterocycles. The Kier molecular flexibility index (Phi) is 3.61. The maximum atomic E-state index is 5.52. The van der Waals surface area contributed by atoms with Crippen LogP contribution >= 0.6 is 11.5 Å². The Morgan fingerprint density at radius 2 is 2.21 bits per heavy atom. The van der Waals surface area contributed by atoms with E-state index in [4.69, 9.17) is 5.73 Å². The third-order valence-electron chi connectivity index (χ3n) is 3.29. The molecule has 1 aliphatic heterocycles. The largest absolute Gasteiger partial charge is 0.367 e. The Labute approximate surface area is 116 Å². The molecule has 6 heteroatoms. The summed E-state index contributed by atoms with van der Waals surface area (Å²) >= 11 is 1.33. The van der Waals surface area contributed by atoms with Crippen LogP contribution in [0.1, 0.15) is 12.0 Å². The van der Waals surface area contributed by atoms with Gasteiger partial charge in [-0.2, -0.15) is 9.36 Å². The lowest BCUT2D eigenvalue weighted by atomic mass is 10.2. The standard InChI is InChI=1S/C13H17N5S/c14-12-16-13(19-17-12)15-11-6-7-18(9-11)8-10-4-2-1-3-5-10/h1-5,11H,6-9H2,(H3,14,15,16,17). The number of anilines is 2. The number of rotatable bonds is 4. The SMILES string of the molecule is Nc1nsc(NC2CCN(Cc3ccccc3)C2)n1. The number of hydrogen-bond acceptors (Lipinski definition) is 6. The Morgan fingerprint density at radius 1 is 1.37 bits per heavy atom. The lowest BCUT2D eigenvalue weighted by Crippen LogP contribution is -2.25. The molecule has 0 radical (unpaired) electrons. The van der Waals surface area contributed by atoms with Crippen molar-refractivity contribution in [1.29, 1.82) is 0 Å². The van der Waals surface area contributed by atoms with Gasteiger partial charge >= 0.3 is 0 Å². The van der Waals surface area contributed by atoms with Crippen molar-refractivity contribution in [2.75, 3.05) is 24.1 Å². The van der Waals surface area contributed by atoms with Gasteiger partial charge in [0.1, 0.15) is 0 Å². The molecule has 0 aliphatic carbocycles. The molecule has 1 unspecified atom stereocenters. The molecule has 1 atom stereocenters. The molecular formula is C13H17N5S. The Morgan fingerprint density at radius 3 is 2.95 bits per heavy atom. The second-order valence-electron chi connectivity index (χ2n) is 4.81. The molecule has 19 heavy (non-hydrogen) atoms. The maximum absolute atomic E-state index is 5.52. The number of nitrogen functional groups attached to an aromatic ring is 1. The fourth-order valence-electron chi connectivity index (χ4n) is 2.40. The van der Waals surface area contributed by atoms with Gasteiger partial charge in [0.25, 0.3) is 0 Å². The highest BCUT2D eigenvalue weighted by Gasteiger charge is 2.23. The van der Waals surface area contributed by atoms with Gasteiger partial charge in [-0.25, -0.2) is 0 Å². The summed E-state index contributed by atoms with van der Waals surface area (Å²) in [7, 11) is 0. The van der Waals surface area contributed by atoms with Gasteiger partial charge in [0, 0.05) is 37.2 Å². The Hall–Kier alpha value is -1.66. The second kappa shape index (κ2) is 5.54. The molecule has 0 amide bonds. The third kappa shape index (κ3) is 3.21. The predicted molar refractivity (Wildman–Crippen MR) is 78.1 cm³/mol. The zero-order valence-electron chi connectivity index (χ0n) is 10.6. The zero-order valence-corrected chi connectivity index (χ0v) is 11.4. The van der Waals surface area contributed by atoms with Crippen LogP contribution in [-0.4, -0.2) is 33.4 Å². The van der Waals surface area contributed by atoms with Crippen molar-refractivity contribution in [1.82, 2.24) is 14.3 Å². The molecule has 0 spiro atoms. The Bertz CT molecular complexity index is 527. The van der Waals surface area contributed by atoms with Gasteiger partial charge in [0.15, 0.2) is 0 Å². The molecule has 1 fully saturated rings. The minimum atomic E-state index is 0.353. The highest BCUT2D eigenvalue weighted by molar-refractivity contribution is 7.09. The average molecular weight is 275 g/mol. The molecule has 5 nitrogen and oxygen atoms in total. The van der Waals surface area contributed by atoms with Crippen LogP contribution < -0.4 is 11.1 Å². The van der Waals surface area contributed by atoms with Gasteiger partial charge < -0.3 is 11.1 Å². The van der Waals surface area contributed by atoms with E-state index in [0.717, 1.165) is 31.2 Å². The summed E-state index contributed by atoms with van der Waals surface area (Å²) in [6.07, 6.45) is 1.13. The summed E-state index contributed by atoms with van der Waals surface area (Å²) in [5, 5.41) is 4.22. The average Bonchev–Trinajstić information content (AvgIpc) is 3.01. The lowest BCUT2D eigenvalue weighted by molar-refractivity contribution is 0.328. The summed E-state index contributed by atoms with van der Waals surface area (Å²) in [6.45, 7) is 3.16. The summed E-state index contributed by atoms with van der Waals surface area (Å²) in [5.74, 6) is 0.353. The van der Waals surface area contributed by atoms with Crippen molar-refractivity contribution in [2.45, 2.75) is 19.0 Å². The van der Waals surface area contributed by atoms with Crippen LogP contribution in [0.4, 0.5) is 11.1 Å². The molecule has 1 aliphatic rings. The summed E-state index contributed by atoms with van der Waals surface area (Å²) in [5.41, 5.74) is 6.88. The lowest BCUT2D eigenvalue weighted by Gasteiger charge is -2.16. The van der Waals surface area contributed by atoms with E-state index in [0.29, 0.717) is 12.0 Å². The van der Waals surface area contributed by atoms with Crippen LogP contribution in [0.2, 0.25) is 0 Å². The van der Waals surface area contributed by atoms with Crippen LogP contribution in [0.5, 0.6) is 0 Å². The molecule has 100 valence electrons. The Balaban J connectivity index is 1.53. The number of likely N-dealkylation sites (tertiary alicyclic amines) is 1. The minimum Gasteiger partial charge on any atom is -0.367 e. The predicted octanol–water partition coefficient (Wildman–Crippen LogP) is 1.81. The minimum absolute atomic E-state index is 0.353. The maximum Gasteiger partial charge on any atom is 0.233 e. The number of hydrogen-bond donors (Lipinski definition) is 2. The van der Waals surface area contributed by atoms with E-state index in [2.05, 4.69) is 49.9 Å². The van der Waals surface area contributed by atoms with Gasteiger partial charge in [-0.15, -0.1) is 0 Å². The van der Waals surface area contributed by atoms with E-state index in [9.17, 15) is 0 Å². The number of nitrogens with one attached hydrogen (secondary N) is 1. The highest BCUT2D eigenvalue weighted by atomic mass is 32.1. The molecule has 3 N–H and O–H groups in total. The molecule has 0 bridgehead atoms. The van der Waals surface area contributed by atoms with Gasteiger partial charge in [-0.05, 0) is 12.0 Å². The van der Waals surface area contributed by atoms with E-state index < -0.39 is 0 Å². The fraction of sp³-hybridized carbons (Fsp3) is 0.385. The first-order valence-electron chi connectivity index (χ1n) is 6.41. The highest BCUT2D eigenvalue weighted by Crippen LogP contribution is 2.19. The van der Waals surface area contributed by atoms with Crippen LogP contribution in [0, 0.1) is 0 Å². The molecular weight excluding hydrogens is 258 g/mol. The molecule has 1 aromatic heterocycles. The van der Waals surface area contributed by atoms with Crippen LogP contribution in [0.15, 0.2) is 30.3 Å². The van der Waals surface area contributed by atoms with Crippen LogP contribution in [0.25, 0.3) is 0 Å². The van der Waals surface area contributed by atoms with E-state index in [1.54, 1.807) is 0 Å². The van der Waals surface area contributed by atoms with Crippen molar-refractivity contribution in [3.63, 3.8) is 0 Å². The van der Waals surface area contributed by atoms with E-state index in [1.165, 1.54) is 17.1 Å². The summed E-state index contributed by atoms with van der Waals surface area (Å²) < 4.78 is 3.98. The van der Waals surface area contributed by atoms with Crippen molar-refractivity contribution in [3.8, 4) is 0 Å². The molecule has 3 rings (SSSR count). The van der Waals surface area contributed by atoms with Gasteiger partial charge in [0.05, 0.1) is 0 Å². The first-order chi connectivity index (χ1) is 9.29. The van der Waals surface area contributed by atoms with Crippen LogP contribution in [-0.2, 0) is 6.54 Å². The molecule has 0 saturated carbocycles. The van der Waals surface area contributed by atoms with E-state index >= 15 is 0 Å². The molecule has 1 saturated heterocycles. The van der Waals surface area contributed by atoms with E-state index in [1.807, 2.05) is 0 Å². The monoisotopic (exact) mass is 275 g/mol. The van der Waals surface area contributed by atoms with Gasteiger partial charge in [-0.1, -0.05) is 30.3 Å².